The van der Waals surface area contributed by atoms with Crippen molar-refractivity contribution in [1.29, 1.82) is 0 Å². The van der Waals surface area contributed by atoms with Crippen molar-refractivity contribution in [3.8, 4) is 17.0 Å². The molecule has 3 aromatic rings. The van der Waals surface area contributed by atoms with Gasteiger partial charge >= 0.3 is 0 Å². The first-order chi connectivity index (χ1) is 12.2. The molecule has 0 spiro atoms. The third-order valence-electron chi connectivity index (χ3n) is 3.54. The fourth-order valence-electron chi connectivity index (χ4n) is 2.36. The Morgan fingerprint density at radius 2 is 1.92 bits per heavy atom. The molecule has 0 saturated carbocycles. The number of rotatable bonds is 5. The minimum absolute atomic E-state index is 0.284. The van der Waals surface area contributed by atoms with Crippen LogP contribution in [0.25, 0.3) is 11.3 Å². The lowest BCUT2D eigenvalue weighted by atomic mass is 10.1. The summed E-state index contributed by atoms with van der Waals surface area (Å²) in [6.07, 6.45) is 1.72. The predicted molar refractivity (Wildman–Crippen MR) is 99.8 cm³/mol. The fraction of sp³-hybridized carbons (Fsp3) is 0.158. The van der Waals surface area contributed by atoms with Gasteiger partial charge in [0, 0.05) is 18.0 Å². The first-order valence-electron chi connectivity index (χ1n) is 7.88. The van der Waals surface area contributed by atoms with Crippen molar-refractivity contribution in [1.82, 2.24) is 4.68 Å². The number of halogens is 1. The van der Waals surface area contributed by atoms with E-state index in [1.54, 1.807) is 36.1 Å². The summed E-state index contributed by atoms with van der Waals surface area (Å²) in [4.78, 5) is 4.92. The Balaban J connectivity index is 1.97. The number of thiazole rings is 1. The van der Waals surface area contributed by atoms with Crippen LogP contribution in [0.5, 0.6) is 5.75 Å². The van der Waals surface area contributed by atoms with Gasteiger partial charge in [-0.2, -0.15) is 5.10 Å². The Hall–Kier alpha value is -2.73. The normalized spacial score (nSPS) is 12.0. The molecule has 0 unspecified atom stereocenters. The van der Waals surface area contributed by atoms with E-state index in [0.717, 1.165) is 11.3 Å². The molecule has 3 rings (SSSR count). The molecule has 4 nitrogen and oxygen atoms in total. The third kappa shape index (κ3) is 3.85. The summed E-state index contributed by atoms with van der Waals surface area (Å²) in [5.74, 6) is 0.534. The van der Waals surface area contributed by atoms with Crippen LogP contribution < -0.4 is 9.54 Å². The molecular formula is C19H18FN3OS. The van der Waals surface area contributed by atoms with E-state index in [9.17, 15) is 4.39 Å². The molecule has 1 aromatic heterocycles. The zero-order valence-electron chi connectivity index (χ0n) is 14.0. The van der Waals surface area contributed by atoms with E-state index in [2.05, 4.69) is 10.1 Å². The molecule has 0 saturated heterocycles. The maximum absolute atomic E-state index is 14.1. The zero-order chi connectivity index (χ0) is 17.6. The van der Waals surface area contributed by atoms with Crippen LogP contribution in [0.1, 0.15) is 12.5 Å². The van der Waals surface area contributed by atoms with Crippen molar-refractivity contribution < 1.29 is 9.13 Å². The van der Waals surface area contributed by atoms with Crippen LogP contribution in [-0.2, 0) is 0 Å². The molecule has 2 aromatic carbocycles. The van der Waals surface area contributed by atoms with E-state index in [1.807, 2.05) is 36.6 Å². The first-order valence-corrected chi connectivity index (χ1v) is 8.76. The van der Waals surface area contributed by atoms with Gasteiger partial charge in [0.25, 0.3) is 0 Å². The Morgan fingerprint density at radius 1 is 1.16 bits per heavy atom. The lowest BCUT2D eigenvalue weighted by molar-refractivity contribution is 0.340. The second kappa shape index (κ2) is 7.90. The van der Waals surface area contributed by atoms with Crippen LogP contribution >= 0.6 is 11.3 Å². The molecule has 0 aliphatic heterocycles. The lowest BCUT2D eigenvalue weighted by Gasteiger charge is -2.05. The number of benzene rings is 2. The standard InChI is InChI=1S/C19H18FN3OS/c1-3-24-15-10-8-14(9-11-15)12-22-23-18(13-25-19(23)21-2)16-6-4-5-7-17(16)20/h4-13H,3H2,1-2H3/b21-19?,22-12-. The van der Waals surface area contributed by atoms with Gasteiger partial charge < -0.3 is 4.74 Å². The number of aromatic nitrogens is 1. The highest BCUT2D eigenvalue weighted by Gasteiger charge is 2.10. The molecule has 0 aliphatic carbocycles. The predicted octanol–water partition coefficient (Wildman–Crippen LogP) is 4.17. The van der Waals surface area contributed by atoms with Crippen LogP contribution in [-0.4, -0.2) is 24.5 Å². The summed E-state index contributed by atoms with van der Waals surface area (Å²) in [5, 5.41) is 6.36. The van der Waals surface area contributed by atoms with E-state index in [1.165, 1.54) is 17.4 Å². The van der Waals surface area contributed by atoms with Gasteiger partial charge in [-0.05, 0) is 48.9 Å². The van der Waals surface area contributed by atoms with E-state index in [-0.39, 0.29) is 5.82 Å². The van der Waals surface area contributed by atoms with Gasteiger partial charge in [0.15, 0.2) is 0 Å². The van der Waals surface area contributed by atoms with Crippen LogP contribution in [0.15, 0.2) is 64.0 Å². The van der Waals surface area contributed by atoms with Crippen molar-refractivity contribution in [2.45, 2.75) is 6.92 Å². The molecule has 6 heteroatoms. The maximum Gasteiger partial charge on any atom is 0.205 e. The van der Waals surface area contributed by atoms with Crippen LogP contribution in [0.2, 0.25) is 0 Å². The molecule has 0 N–H and O–H groups in total. The first kappa shape index (κ1) is 17.1. The molecule has 0 radical (unpaired) electrons. The summed E-state index contributed by atoms with van der Waals surface area (Å²) in [6.45, 7) is 2.58. The smallest absolute Gasteiger partial charge is 0.205 e. The second-order valence-electron chi connectivity index (χ2n) is 5.17. The average Bonchev–Trinajstić information content (AvgIpc) is 3.04. The zero-order valence-corrected chi connectivity index (χ0v) is 14.8. The Bertz CT molecular complexity index is 942. The SMILES string of the molecule is CCOc1ccc(/C=N\n2c(-c3ccccc3F)csc2=NC)cc1. The molecule has 0 bridgehead atoms. The van der Waals surface area contributed by atoms with Crippen LogP contribution in [0, 0.1) is 5.82 Å². The summed E-state index contributed by atoms with van der Waals surface area (Å²) in [6, 6.07) is 14.3. The lowest BCUT2D eigenvalue weighted by Crippen LogP contribution is -2.11. The molecule has 0 atom stereocenters. The highest BCUT2D eigenvalue weighted by Crippen LogP contribution is 2.23. The van der Waals surface area contributed by atoms with Crippen molar-refractivity contribution in [2.75, 3.05) is 13.7 Å². The van der Waals surface area contributed by atoms with Crippen molar-refractivity contribution in [2.24, 2.45) is 10.1 Å². The van der Waals surface area contributed by atoms with E-state index in [0.29, 0.717) is 22.7 Å². The number of hydrogen-bond acceptors (Lipinski definition) is 4. The molecule has 0 aliphatic rings. The fourth-order valence-corrected chi connectivity index (χ4v) is 3.15. The van der Waals surface area contributed by atoms with Gasteiger partial charge in [0.05, 0.1) is 18.5 Å². The second-order valence-corrected chi connectivity index (χ2v) is 6.00. The number of ether oxygens (including phenoxy) is 1. The average molecular weight is 355 g/mol. The van der Waals surface area contributed by atoms with Crippen molar-refractivity contribution in [3.05, 3.63) is 70.1 Å². The summed E-state index contributed by atoms with van der Waals surface area (Å²) in [5.41, 5.74) is 2.09. The van der Waals surface area contributed by atoms with Gasteiger partial charge in [0.1, 0.15) is 11.6 Å². The van der Waals surface area contributed by atoms with Gasteiger partial charge in [-0.25, -0.2) is 9.07 Å². The summed E-state index contributed by atoms with van der Waals surface area (Å²) in [7, 11) is 1.69. The quantitative estimate of drug-likeness (QED) is 0.633. The van der Waals surface area contributed by atoms with Gasteiger partial charge in [-0.1, -0.05) is 12.1 Å². The van der Waals surface area contributed by atoms with Gasteiger partial charge in [-0.3, -0.25) is 4.99 Å². The molecule has 25 heavy (non-hydrogen) atoms. The van der Waals surface area contributed by atoms with Gasteiger partial charge in [-0.15, -0.1) is 11.3 Å². The largest absolute Gasteiger partial charge is 0.494 e. The summed E-state index contributed by atoms with van der Waals surface area (Å²) < 4.78 is 21.2. The van der Waals surface area contributed by atoms with Crippen LogP contribution in [0.3, 0.4) is 0 Å². The minimum atomic E-state index is -0.284. The highest BCUT2D eigenvalue weighted by molar-refractivity contribution is 7.07. The number of nitrogens with zero attached hydrogens (tertiary/aromatic N) is 3. The van der Waals surface area contributed by atoms with E-state index in [4.69, 9.17) is 4.74 Å². The Morgan fingerprint density at radius 3 is 2.60 bits per heavy atom. The number of hydrogen-bond donors (Lipinski definition) is 0. The van der Waals surface area contributed by atoms with Gasteiger partial charge in [0.2, 0.25) is 4.80 Å². The Kier molecular flexibility index (Phi) is 5.40. The van der Waals surface area contributed by atoms with E-state index >= 15 is 0 Å². The molecular weight excluding hydrogens is 337 g/mol. The third-order valence-corrected chi connectivity index (χ3v) is 4.45. The topological polar surface area (TPSA) is 38.9 Å². The van der Waals surface area contributed by atoms with Crippen molar-refractivity contribution >= 4 is 17.6 Å². The van der Waals surface area contributed by atoms with Crippen molar-refractivity contribution in [3.63, 3.8) is 0 Å². The van der Waals surface area contributed by atoms with Crippen LogP contribution in [0.4, 0.5) is 4.39 Å². The highest BCUT2D eigenvalue weighted by atomic mass is 32.1. The molecule has 1 heterocycles. The summed E-state index contributed by atoms with van der Waals surface area (Å²) >= 11 is 1.42. The molecule has 0 amide bonds. The Labute approximate surface area is 149 Å². The molecule has 0 fully saturated rings. The van der Waals surface area contributed by atoms with E-state index < -0.39 is 0 Å². The minimum Gasteiger partial charge on any atom is -0.494 e. The monoisotopic (exact) mass is 355 g/mol. The molecule has 128 valence electrons. The maximum atomic E-state index is 14.1.